The lowest BCUT2D eigenvalue weighted by Crippen LogP contribution is -2.03. The fourth-order valence-corrected chi connectivity index (χ4v) is 1.94. The highest BCUT2D eigenvalue weighted by Crippen LogP contribution is 2.35. The van der Waals surface area contributed by atoms with Crippen LogP contribution in [0.5, 0.6) is 0 Å². The number of nitrogens with one attached hydrogen (secondary N) is 1. The lowest BCUT2D eigenvalue weighted by Gasteiger charge is -1.97. The van der Waals surface area contributed by atoms with Gasteiger partial charge in [-0.15, -0.1) is 0 Å². The highest BCUT2D eigenvalue weighted by molar-refractivity contribution is 8.00. The maximum atomic E-state index is 4.18. The predicted octanol–water partition coefficient (Wildman–Crippen LogP) is 4.39. The third kappa shape index (κ3) is 5.07. The van der Waals surface area contributed by atoms with E-state index in [4.69, 9.17) is 0 Å². The van der Waals surface area contributed by atoms with E-state index in [1.54, 1.807) is 0 Å². The standard InChI is InChI=1S/C7H8N2S.C3H8.C2H6/c1-5-9-7-6(10-5)3-2-4-8-7;1-3-2;1-2/h2-5H,1H3,(H,8,9);3H2,1-2H3;1-2H3. The van der Waals surface area contributed by atoms with E-state index in [2.05, 4.69) is 37.1 Å². The molecule has 2 nitrogen and oxygen atoms in total. The van der Waals surface area contributed by atoms with Crippen LogP contribution in [0.3, 0.4) is 0 Å². The second-order valence-corrected chi connectivity index (χ2v) is 4.34. The van der Waals surface area contributed by atoms with E-state index in [1.807, 2.05) is 37.9 Å². The third-order valence-electron chi connectivity index (χ3n) is 1.41. The quantitative estimate of drug-likeness (QED) is 0.710. The van der Waals surface area contributed by atoms with Crippen molar-refractivity contribution in [3.05, 3.63) is 18.3 Å². The third-order valence-corrected chi connectivity index (χ3v) is 2.47. The van der Waals surface area contributed by atoms with E-state index in [1.165, 1.54) is 11.3 Å². The van der Waals surface area contributed by atoms with E-state index in [-0.39, 0.29) is 0 Å². The van der Waals surface area contributed by atoms with Crippen LogP contribution in [0.2, 0.25) is 0 Å². The molecular weight excluding hydrogens is 204 g/mol. The lowest BCUT2D eigenvalue weighted by molar-refractivity contribution is 1.09. The summed E-state index contributed by atoms with van der Waals surface area (Å²) < 4.78 is 0. The van der Waals surface area contributed by atoms with Crippen LogP contribution in [-0.2, 0) is 0 Å². The van der Waals surface area contributed by atoms with Crippen molar-refractivity contribution in [2.45, 2.75) is 51.3 Å². The molecule has 1 aliphatic heterocycles. The Morgan fingerprint density at radius 3 is 2.53 bits per heavy atom. The van der Waals surface area contributed by atoms with Gasteiger partial charge in [0.05, 0.1) is 10.3 Å². The Labute approximate surface area is 97.9 Å². The lowest BCUT2D eigenvalue weighted by atomic mass is 10.4. The first-order chi connectivity index (χ1) is 7.27. The molecule has 0 saturated heterocycles. The number of rotatable bonds is 0. The molecular formula is C12H22N2S. The molecule has 1 aromatic heterocycles. The molecule has 2 rings (SSSR count). The van der Waals surface area contributed by atoms with Gasteiger partial charge in [0.1, 0.15) is 5.82 Å². The number of thioether (sulfide) groups is 1. The van der Waals surface area contributed by atoms with E-state index >= 15 is 0 Å². The Kier molecular flexibility index (Phi) is 8.19. The largest absolute Gasteiger partial charge is 0.357 e. The van der Waals surface area contributed by atoms with Crippen LogP contribution in [0.15, 0.2) is 23.2 Å². The molecule has 1 aliphatic rings. The molecule has 1 unspecified atom stereocenters. The average Bonchev–Trinajstić information content (AvgIpc) is 2.62. The van der Waals surface area contributed by atoms with Crippen molar-refractivity contribution in [3.63, 3.8) is 0 Å². The molecule has 0 fully saturated rings. The fourth-order valence-electron chi connectivity index (χ4n) is 1.01. The Morgan fingerprint density at radius 2 is 2.00 bits per heavy atom. The molecule has 0 amide bonds. The van der Waals surface area contributed by atoms with Crippen molar-refractivity contribution >= 4 is 17.6 Å². The molecule has 1 aromatic rings. The molecule has 1 N–H and O–H groups in total. The summed E-state index contributed by atoms with van der Waals surface area (Å²) in [5, 5.41) is 3.73. The van der Waals surface area contributed by atoms with Gasteiger partial charge in [-0.3, -0.25) is 0 Å². The summed E-state index contributed by atoms with van der Waals surface area (Å²) in [4.78, 5) is 5.44. The van der Waals surface area contributed by atoms with Gasteiger partial charge in [0.15, 0.2) is 0 Å². The molecule has 1 atom stereocenters. The minimum absolute atomic E-state index is 0.477. The van der Waals surface area contributed by atoms with Crippen LogP contribution in [-0.4, -0.2) is 10.4 Å². The summed E-state index contributed by atoms with van der Waals surface area (Å²) in [6, 6.07) is 4.05. The number of anilines is 1. The van der Waals surface area contributed by atoms with Crippen LogP contribution in [0.25, 0.3) is 0 Å². The van der Waals surface area contributed by atoms with E-state index in [0.29, 0.717) is 5.37 Å². The van der Waals surface area contributed by atoms with Crippen molar-refractivity contribution in [1.29, 1.82) is 0 Å². The number of fused-ring (bicyclic) bond motifs is 1. The van der Waals surface area contributed by atoms with Gasteiger partial charge in [-0.1, -0.05) is 45.9 Å². The van der Waals surface area contributed by atoms with E-state index in [9.17, 15) is 0 Å². The molecule has 2 heterocycles. The smallest absolute Gasteiger partial charge is 0.140 e. The Balaban J connectivity index is 0.000000342. The van der Waals surface area contributed by atoms with Gasteiger partial charge in [-0.25, -0.2) is 4.98 Å². The molecule has 3 heteroatoms. The molecule has 0 bridgehead atoms. The Hall–Kier alpha value is -0.700. The van der Waals surface area contributed by atoms with Crippen molar-refractivity contribution in [2.75, 3.05) is 5.32 Å². The fraction of sp³-hybridized carbons (Fsp3) is 0.583. The van der Waals surface area contributed by atoms with Gasteiger partial charge in [-0.05, 0) is 19.1 Å². The zero-order valence-corrected chi connectivity index (χ0v) is 11.2. The predicted molar refractivity (Wildman–Crippen MR) is 70.5 cm³/mol. The maximum absolute atomic E-state index is 4.18. The van der Waals surface area contributed by atoms with Gasteiger partial charge >= 0.3 is 0 Å². The molecule has 0 spiro atoms. The van der Waals surface area contributed by atoms with Gasteiger partial charge in [0.2, 0.25) is 0 Å². The van der Waals surface area contributed by atoms with Crippen molar-refractivity contribution in [2.24, 2.45) is 0 Å². The summed E-state index contributed by atoms with van der Waals surface area (Å²) >= 11 is 1.82. The molecule has 0 saturated carbocycles. The summed E-state index contributed by atoms with van der Waals surface area (Å²) in [5.41, 5.74) is 0. The minimum atomic E-state index is 0.477. The molecule has 0 aliphatic carbocycles. The molecule has 0 radical (unpaired) electrons. The van der Waals surface area contributed by atoms with Gasteiger partial charge in [-0.2, -0.15) is 0 Å². The summed E-state index contributed by atoms with van der Waals surface area (Å²) in [7, 11) is 0. The van der Waals surface area contributed by atoms with Gasteiger partial charge < -0.3 is 5.32 Å². The Morgan fingerprint density at radius 1 is 1.40 bits per heavy atom. The normalized spacial score (nSPS) is 16.2. The molecule has 15 heavy (non-hydrogen) atoms. The number of aromatic nitrogens is 1. The first-order valence-corrected chi connectivity index (χ1v) is 6.54. The zero-order chi connectivity index (χ0) is 11.7. The van der Waals surface area contributed by atoms with Gasteiger partial charge in [0, 0.05) is 6.20 Å². The molecule has 0 aromatic carbocycles. The van der Waals surface area contributed by atoms with Crippen LogP contribution in [0, 0.1) is 0 Å². The zero-order valence-electron chi connectivity index (χ0n) is 10.4. The first kappa shape index (κ1) is 14.3. The number of nitrogens with zero attached hydrogens (tertiary/aromatic N) is 1. The van der Waals surface area contributed by atoms with Crippen LogP contribution in [0.4, 0.5) is 5.82 Å². The highest BCUT2D eigenvalue weighted by Gasteiger charge is 2.16. The second-order valence-electron chi connectivity index (χ2n) is 2.96. The van der Waals surface area contributed by atoms with Crippen LogP contribution < -0.4 is 5.32 Å². The second kappa shape index (κ2) is 8.60. The van der Waals surface area contributed by atoms with E-state index in [0.717, 1.165) is 5.82 Å². The number of pyridine rings is 1. The number of hydrogen-bond donors (Lipinski definition) is 1. The monoisotopic (exact) mass is 226 g/mol. The summed E-state index contributed by atoms with van der Waals surface area (Å²) in [6.07, 6.45) is 3.06. The van der Waals surface area contributed by atoms with Gasteiger partial charge in [0.25, 0.3) is 0 Å². The van der Waals surface area contributed by atoms with E-state index < -0.39 is 0 Å². The topological polar surface area (TPSA) is 24.9 Å². The molecule has 86 valence electrons. The van der Waals surface area contributed by atoms with Crippen molar-refractivity contribution in [3.8, 4) is 0 Å². The van der Waals surface area contributed by atoms with Crippen LogP contribution in [0.1, 0.15) is 41.0 Å². The SMILES string of the molecule is CC.CC1Nc2ncccc2S1.CCC. The summed E-state index contributed by atoms with van der Waals surface area (Å²) in [5.74, 6) is 1.03. The van der Waals surface area contributed by atoms with Crippen LogP contribution >= 0.6 is 11.8 Å². The summed E-state index contributed by atoms with van der Waals surface area (Å²) in [6.45, 7) is 10.4. The average molecular weight is 226 g/mol. The van der Waals surface area contributed by atoms with Crippen molar-refractivity contribution in [1.82, 2.24) is 4.98 Å². The highest BCUT2D eigenvalue weighted by atomic mass is 32.2. The van der Waals surface area contributed by atoms with Crippen molar-refractivity contribution < 1.29 is 0 Å². The maximum Gasteiger partial charge on any atom is 0.140 e. The number of hydrogen-bond acceptors (Lipinski definition) is 3. The minimum Gasteiger partial charge on any atom is -0.357 e. The Bertz CT molecular complexity index is 239. The first-order valence-electron chi connectivity index (χ1n) is 5.66.